The molecule has 0 saturated carbocycles. The van der Waals surface area contributed by atoms with Crippen LogP contribution in [0.25, 0.3) is 10.8 Å². The second-order valence-corrected chi connectivity index (χ2v) is 6.25. The van der Waals surface area contributed by atoms with E-state index in [0.29, 0.717) is 5.56 Å². The Morgan fingerprint density at radius 1 is 1.17 bits per heavy atom. The first-order valence-electron chi connectivity index (χ1n) is 7.62. The lowest BCUT2D eigenvalue weighted by Gasteiger charge is -2.13. The van der Waals surface area contributed by atoms with Crippen LogP contribution in [-0.2, 0) is 0 Å². The zero-order chi connectivity index (χ0) is 16.9. The number of pyridine rings is 1. The Morgan fingerprint density at radius 3 is 2.67 bits per heavy atom. The Labute approximate surface area is 144 Å². The molecule has 4 nitrogen and oxygen atoms in total. The summed E-state index contributed by atoms with van der Waals surface area (Å²) in [5.74, 6) is -0.241. The van der Waals surface area contributed by atoms with Crippen LogP contribution in [0.4, 0.5) is 0 Å². The molecule has 0 saturated heterocycles. The topological polar surface area (TPSA) is 62.2 Å². The highest BCUT2D eigenvalue weighted by Gasteiger charge is 2.11. The fraction of sp³-hybridized carbons (Fsp3) is 0.158. The molecule has 1 aromatic heterocycles. The minimum atomic E-state index is -0.753. The normalized spacial score (nSPS) is 12.1. The summed E-state index contributed by atoms with van der Waals surface area (Å²) in [4.78, 5) is 16.3. The maximum absolute atomic E-state index is 12.1. The second kappa shape index (κ2) is 7.47. The largest absolute Gasteiger partial charge is 0.387 e. The van der Waals surface area contributed by atoms with Crippen molar-refractivity contribution in [2.24, 2.45) is 0 Å². The van der Waals surface area contributed by atoms with Gasteiger partial charge in [-0.25, -0.2) is 4.98 Å². The number of hydrogen-bond acceptors (Lipinski definition) is 4. The number of carbonyl (C=O) groups is 1. The number of aliphatic hydroxyl groups is 1. The molecular formula is C19H18N2O2S. The molecule has 0 fully saturated rings. The van der Waals surface area contributed by atoms with Crippen LogP contribution in [0, 0.1) is 0 Å². The lowest BCUT2D eigenvalue weighted by molar-refractivity contribution is 0.0916. The van der Waals surface area contributed by atoms with E-state index in [0.717, 1.165) is 21.4 Å². The summed E-state index contributed by atoms with van der Waals surface area (Å²) in [6, 6.07) is 17.3. The first-order valence-corrected chi connectivity index (χ1v) is 8.85. The van der Waals surface area contributed by atoms with Crippen LogP contribution in [0.15, 0.2) is 65.8 Å². The third-order valence-electron chi connectivity index (χ3n) is 3.82. The van der Waals surface area contributed by atoms with Gasteiger partial charge in [0.15, 0.2) is 0 Å². The lowest BCUT2D eigenvalue weighted by atomic mass is 10.0. The average Bonchev–Trinajstić information content (AvgIpc) is 2.65. The zero-order valence-corrected chi connectivity index (χ0v) is 14.1. The molecule has 0 aliphatic rings. The molecule has 1 unspecified atom stereocenters. The highest BCUT2D eigenvalue weighted by molar-refractivity contribution is 7.98. The van der Waals surface area contributed by atoms with Gasteiger partial charge in [0.1, 0.15) is 0 Å². The smallest absolute Gasteiger partial charge is 0.252 e. The van der Waals surface area contributed by atoms with Crippen molar-refractivity contribution < 1.29 is 9.90 Å². The molecule has 3 aromatic rings. The number of amides is 1. The number of benzene rings is 2. The number of fused-ring (bicyclic) bond motifs is 1. The van der Waals surface area contributed by atoms with Crippen molar-refractivity contribution in [3.63, 3.8) is 0 Å². The highest BCUT2D eigenvalue weighted by Crippen LogP contribution is 2.20. The fourth-order valence-electron chi connectivity index (χ4n) is 2.46. The molecular weight excluding hydrogens is 320 g/mol. The number of thioether (sulfide) groups is 1. The molecule has 0 radical (unpaired) electrons. The molecule has 122 valence electrons. The fourth-order valence-corrected chi connectivity index (χ4v) is 2.82. The average molecular weight is 338 g/mol. The van der Waals surface area contributed by atoms with E-state index in [2.05, 4.69) is 10.3 Å². The van der Waals surface area contributed by atoms with Crippen LogP contribution in [0.5, 0.6) is 0 Å². The van der Waals surface area contributed by atoms with Gasteiger partial charge in [-0.1, -0.05) is 36.4 Å². The lowest BCUT2D eigenvalue weighted by Crippen LogP contribution is -2.28. The maximum atomic E-state index is 12.1. The monoisotopic (exact) mass is 338 g/mol. The summed E-state index contributed by atoms with van der Waals surface area (Å²) in [7, 11) is 0. The zero-order valence-electron chi connectivity index (χ0n) is 13.3. The van der Waals surface area contributed by atoms with Crippen molar-refractivity contribution in [2.45, 2.75) is 11.1 Å². The molecule has 0 aliphatic heterocycles. The van der Waals surface area contributed by atoms with Gasteiger partial charge in [-0.15, -0.1) is 11.8 Å². The van der Waals surface area contributed by atoms with E-state index < -0.39 is 6.10 Å². The van der Waals surface area contributed by atoms with Crippen LogP contribution in [0.3, 0.4) is 0 Å². The third kappa shape index (κ3) is 3.75. The molecule has 5 heteroatoms. The predicted octanol–water partition coefficient (Wildman–Crippen LogP) is 3.42. The summed E-state index contributed by atoms with van der Waals surface area (Å²) in [5.41, 5.74) is 1.27. The van der Waals surface area contributed by atoms with Crippen LogP contribution < -0.4 is 5.32 Å². The number of aliphatic hydroxyl groups excluding tert-OH is 1. The second-order valence-electron chi connectivity index (χ2n) is 5.42. The van der Waals surface area contributed by atoms with Gasteiger partial charge in [-0.2, -0.15) is 0 Å². The van der Waals surface area contributed by atoms with E-state index in [1.54, 1.807) is 18.3 Å². The van der Waals surface area contributed by atoms with Crippen molar-refractivity contribution in [3.05, 3.63) is 71.9 Å². The van der Waals surface area contributed by atoms with Crippen molar-refractivity contribution in [1.82, 2.24) is 10.3 Å². The van der Waals surface area contributed by atoms with Gasteiger partial charge in [-0.3, -0.25) is 4.79 Å². The minimum absolute atomic E-state index is 0.154. The maximum Gasteiger partial charge on any atom is 0.252 e. The Balaban J connectivity index is 1.64. The van der Waals surface area contributed by atoms with Crippen molar-refractivity contribution in [2.75, 3.05) is 12.8 Å². The van der Waals surface area contributed by atoms with Gasteiger partial charge in [0.25, 0.3) is 5.91 Å². The molecule has 1 amide bonds. The number of carbonyl (C=O) groups excluding carboxylic acids is 1. The number of rotatable bonds is 5. The van der Waals surface area contributed by atoms with E-state index in [1.165, 1.54) is 11.8 Å². The van der Waals surface area contributed by atoms with Crippen molar-refractivity contribution in [1.29, 1.82) is 0 Å². The molecule has 0 aliphatic carbocycles. The Bertz CT molecular complexity index is 849. The Morgan fingerprint density at radius 2 is 1.96 bits per heavy atom. The van der Waals surface area contributed by atoms with E-state index in [4.69, 9.17) is 0 Å². The van der Waals surface area contributed by atoms with E-state index in [-0.39, 0.29) is 12.5 Å². The minimum Gasteiger partial charge on any atom is -0.387 e. The third-order valence-corrected chi connectivity index (χ3v) is 4.48. The summed E-state index contributed by atoms with van der Waals surface area (Å²) in [6.45, 7) is 0.154. The first kappa shape index (κ1) is 16.5. The van der Waals surface area contributed by atoms with Gasteiger partial charge >= 0.3 is 0 Å². The number of nitrogens with zero attached hydrogens (tertiary/aromatic N) is 1. The van der Waals surface area contributed by atoms with E-state index >= 15 is 0 Å². The van der Waals surface area contributed by atoms with E-state index in [9.17, 15) is 9.90 Å². The highest BCUT2D eigenvalue weighted by atomic mass is 32.2. The summed E-state index contributed by atoms with van der Waals surface area (Å²) in [6.07, 6.45) is 2.72. The summed E-state index contributed by atoms with van der Waals surface area (Å²) < 4.78 is 0. The summed E-state index contributed by atoms with van der Waals surface area (Å²) >= 11 is 1.52. The molecule has 1 atom stereocenters. The van der Waals surface area contributed by atoms with Crippen LogP contribution in [0.2, 0.25) is 0 Å². The predicted molar refractivity (Wildman–Crippen MR) is 97.3 cm³/mol. The Hall–Kier alpha value is -2.37. The van der Waals surface area contributed by atoms with Crippen LogP contribution in [-0.4, -0.2) is 28.8 Å². The molecule has 1 heterocycles. The SMILES string of the molecule is CSc1ccc(C(=O)NCC(O)c2ccc3ccccc3c2)cn1. The standard InChI is InChI=1S/C19H18N2O2S/c1-24-18-9-8-16(11-20-18)19(23)21-12-17(22)15-7-6-13-4-2-3-5-14(13)10-15/h2-11,17,22H,12H2,1H3,(H,21,23). The summed E-state index contributed by atoms with van der Waals surface area (Å²) in [5, 5.41) is 16.1. The molecule has 3 rings (SSSR count). The number of nitrogens with one attached hydrogen (secondary N) is 1. The van der Waals surface area contributed by atoms with Gasteiger partial charge in [0, 0.05) is 12.7 Å². The van der Waals surface area contributed by atoms with Crippen molar-refractivity contribution in [3.8, 4) is 0 Å². The first-order chi connectivity index (χ1) is 11.7. The van der Waals surface area contributed by atoms with Crippen molar-refractivity contribution >= 4 is 28.4 Å². The quantitative estimate of drug-likeness (QED) is 0.700. The molecule has 2 N–H and O–H groups in total. The molecule has 2 aromatic carbocycles. The van der Waals surface area contributed by atoms with Gasteiger partial charge in [0.05, 0.1) is 16.7 Å². The molecule has 0 bridgehead atoms. The van der Waals surface area contributed by atoms with E-state index in [1.807, 2.05) is 48.7 Å². The van der Waals surface area contributed by atoms with Gasteiger partial charge < -0.3 is 10.4 Å². The number of hydrogen-bond donors (Lipinski definition) is 2. The van der Waals surface area contributed by atoms with Crippen LogP contribution >= 0.6 is 11.8 Å². The van der Waals surface area contributed by atoms with Crippen LogP contribution in [0.1, 0.15) is 22.0 Å². The van der Waals surface area contributed by atoms with Gasteiger partial charge in [-0.05, 0) is 40.8 Å². The molecule has 0 spiro atoms. The Kier molecular flexibility index (Phi) is 5.13. The molecule has 24 heavy (non-hydrogen) atoms. The van der Waals surface area contributed by atoms with Gasteiger partial charge in [0.2, 0.25) is 0 Å². The number of aromatic nitrogens is 1.